The molecule has 0 unspecified atom stereocenters. The average molecular weight is 403 g/mol. The molecule has 1 saturated carbocycles. The number of fused-ring (bicyclic) bond motifs is 1. The number of aromatic nitrogens is 3. The van der Waals surface area contributed by atoms with Gasteiger partial charge in [-0.15, -0.1) is 0 Å². The molecule has 3 aliphatic rings. The summed E-state index contributed by atoms with van der Waals surface area (Å²) >= 11 is 6.09. The van der Waals surface area contributed by atoms with Crippen LogP contribution in [0.5, 0.6) is 0 Å². The van der Waals surface area contributed by atoms with Crippen LogP contribution < -0.4 is 11.1 Å². The molecular weight excluding hydrogens is 380 g/mol. The summed E-state index contributed by atoms with van der Waals surface area (Å²) in [5.74, 6) is 1.04. The quantitative estimate of drug-likeness (QED) is 0.727. The molecule has 1 atom stereocenters. The molecule has 2 aliphatic heterocycles. The molecule has 0 N–H and O–H groups in total. The summed E-state index contributed by atoms with van der Waals surface area (Å²) in [4.78, 5) is 27.4. The molecule has 1 aromatic heterocycles. The van der Waals surface area contributed by atoms with Gasteiger partial charge >= 0.3 is 11.1 Å². The summed E-state index contributed by atoms with van der Waals surface area (Å²) in [7, 11) is 0. The Bertz CT molecular complexity index is 1030. The molecule has 3 heterocycles. The second-order valence-electron chi connectivity index (χ2n) is 8.30. The monoisotopic (exact) mass is 402 g/mol. The van der Waals surface area contributed by atoms with E-state index < -0.39 is 16.7 Å². The Morgan fingerprint density at radius 3 is 2.86 bits per heavy atom. The average Bonchev–Trinajstić information content (AvgIpc) is 3.41. The third-order valence-electron chi connectivity index (χ3n) is 5.98. The van der Waals surface area contributed by atoms with E-state index in [0.29, 0.717) is 24.8 Å². The van der Waals surface area contributed by atoms with Crippen LogP contribution in [0.3, 0.4) is 0 Å². The number of benzene rings is 1. The van der Waals surface area contributed by atoms with Gasteiger partial charge in [0.2, 0.25) is 0 Å². The van der Waals surface area contributed by atoms with Gasteiger partial charge in [0.25, 0.3) is 0 Å². The fraction of sp³-hybridized carbons (Fsp3) is 0.550. The molecule has 2 fully saturated rings. The van der Waals surface area contributed by atoms with Gasteiger partial charge in [0.05, 0.1) is 6.54 Å². The Morgan fingerprint density at radius 1 is 1.21 bits per heavy atom. The lowest BCUT2D eigenvalue weighted by atomic mass is 10.0. The smallest absolute Gasteiger partial charge is 0.332 e. The first kappa shape index (κ1) is 18.1. The highest BCUT2D eigenvalue weighted by molar-refractivity contribution is 6.30. The number of halogens is 1. The summed E-state index contributed by atoms with van der Waals surface area (Å²) in [5, 5.41) is 5.15. The second-order valence-corrected chi connectivity index (χ2v) is 8.74. The van der Waals surface area contributed by atoms with Crippen molar-refractivity contribution in [2.45, 2.75) is 51.1 Å². The van der Waals surface area contributed by atoms with Crippen LogP contribution in [0.4, 0.5) is 0 Å². The molecule has 148 valence electrons. The number of likely N-dealkylation sites (tertiary alicyclic amines) is 1. The molecule has 7 nitrogen and oxygen atoms in total. The predicted octanol–water partition coefficient (Wildman–Crippen LogP) is 1.64. The standard InChI is InChI=1S/C20H23ClN4O3/c21-16-3-1-2-15(8-16)9-23-7-6-20(12-23)13-24-17(11-28-20)22-25(10-14-4-5-14)19(27)18(24)26/h1-3,8,14H,4-7,9-13H2/t20-/m1/s1. The number of rotatable bonds is 4. The fourth-order valence-corrected chi connectivity index (χ4v) is 4.49. The van der Waals surface area contributed by atoms with Crippen LogP contribution in [0.2, 0.25) is 5.02 Å². The zero-order valence-electron chi connectivity index (χ0n) is 15.6. The van der Waals surface area contributed by atoms with E-state index in [1.54, 1.807) is 0 Å². The highest BCUT2D eigenvalue weighted by atomic mass is 35.5. The second kappa shape index (κ2) is 6.83. The molecule has 1 saturated heterocycles. The first-order valence-corrected chi connectivity index (χ1v) is 10.2. The molecule has 0 bridgehead atoms. The zero-order chi connectivity index (χ0) is 19.3. The Labute approximate surface area is 167 Å². The first-order valence-electron chi connectivity index (χ1n) is 9.83. The van der Waals surface area contributed by atoms with Gasteiger partial charge in [-0.2, -0.15) is 5.10 Å². The maximum Gasteiger partial charge on any atom is 0.332 e. The largest absolute Gasteiger partial charge is 0.364 e. The van der Waals surface area contributed by atoms with Gasteiger partial charge < -0.3 is 4.74 Å². The summed E-state index contributed by atoms with van der Waals surface area (Å²) in [6.45, 7) is 3.58. The molecule has 1 aliphatic carbocycles. The highest BCUT2D eigenvalue weighted by Crippen LogP contribution is 2.32. The molecule has 1 spiro atoms. The summed E-state index contributed by atoms with van der Waals surface area (Å²) < 4.78 is 9.09. The summed E-state index contributed by atoms with van der Waals surface area (Å²) in [5.41, 5.74) is -0.266. The van der Waals surface area contributed by atoms with E-state index in [0.717, 1.165) is 49.5 Å². The van der Waals surface area contributed by atoms with Crippen molar-refractivity contribution >= 4 is 11.6 Å². The van der Waals surface area contributed by atoms with Crippen molar-refractivity contribution in [2.24, 2.45) is 5.92 Å². The van der Waals surface area contributed by atoms with Crippen molar-refractivity contribution < 1.29 is 4.74 Å². The van der Waals surface area contributed by atoms with Crippen LogP contribution in [0, 0.1) is 5.92 Å². The third-order valence-corrected chi connectivity index (χ3v) is 6.22. The lowest BCUT2D eigenvalue weighted by molar-refractivity contribution is -0.0859. The molecule has 0 amide bonds. The molecule has 1 aromatic carbocycles. The van der Waals surface area contributed by atoms with Gasteiger partial charge in [0.15, 0.2) is 5.82 Å². The minimum absolute atomic E-state index is 0.269. The summed E-state index contributed by atoms with van der Waals surface area (Å²) in [6.07, 6.45) is 3.04. The van der Waals surface area contributed by atoms with E-state index >= 15 is 0 Å². The number of hydrogen-bond donors (Lipinski definition) is 0. The lowest BCUT2D eigenvalue weighted by Gasteiger charge is -2.35. The van der Waals surface area contributed by atoms with Crippen LogP contribution in [0.1, 0.15) is 30.7 Å². The Balaban J connectivity index is 1.35. The molecule has 28 heavy (non-hydrogen) atoms. The van der Waals surface area contributed by atoms with Gasteiger partial charge in [0.1, 0.15) is 12.2 Å². The van der Waals surface area contributed by atoms with Gasteiger partial charge in [0, 0.05) is 31.2 Å². The number of hydrogen-bond acceptors (Lipinski definition) is 5. The van der Waals surface area contributed by atoms with Crippen molar-refractivity contribution in [1.82, 2.24) is 19.2 Å². The van der Waals surface area contributed by atoms with Crippen molar-refractivity contribution in [3.05, 3.63) is 61.4 Å². The third kappa shape index (κ3) is 3.43. The molecule has 8 heteroatoms. The Hall–Kier alpha value is -1.96. The van der Waals surface area contributed by atoms with Gasteiger partial charge in [-0.25, -0.2) is 4.68 Å². The van der Waals surface area contributed by atoms with E-state index in [2.05, 4.69) is 16.1 Å². The number of ether oxygens (including phenoxy) is 1. The fourth-order valence-electron chi connectivity index (χ4n) is 4.27. The SMILES string of the molecule is O=c1c(=O)n2c(nn1CC1CC1)CO[C@@]1(CCN(Cc3cccc(Cl)c3)C1)C2. The summed E-state index contributed by atoms with van der Waals surface area (Å²) in [6, 6.07) is 7.85. The maximum absolute atomic E-state index is 12.7. The molecule has 0 radical (unpaired) electrons. The van der Waals surface area contributed by atoms with E-state index in [1.807, 2.05) is 18.2 Å². The Morgan fingerprint density at radius 2 is 2.07 bits per heavy atom. The number of nitrogens with zero attached hydrogens (tertiary/aromatic N) is 4. The van der Waals surface area contributed by atoms with Crippen LogP contribution in [-0.4, -0.2) is 37.9 Å². The first-order chi connectivity index (χ1) is 13.5. The minimum Gasteiger partial charge on any atom is -0.364 e. The van der Waals surface area contributed by atoms with E-state index in [-0.39, 0.29) is 6.61 Å². The van der Waals surface area contributed by atoms with Crippen molar-refractivity contribution in [1.29, 1.82) is 0 Å². The molecule has 2 aromatic rings. The van der Waals surface area contributed by atoms with Crippen LogP contribution in [0.15, 0.2) is 33.9 Å². The molecular formula is C20H23ClN4O3. The normalized spacial score (nSPS) is 24.6. The van der Waals surface area contributed by atoms with E-state index in [4.69, 9.17) is 16.3 Å². The topological polar surface area (TPSA) is 69.4 Å². The van der Waals surface area contributed by atoms with Gasteiger partial charge in [-0.05, 0) is 42.9 Å². The van der Waals surface area contributed by atoms with Crippen LogP contribution >= 0.6 is 11.6 Å². The lowest BCUT2D eigenvalue weighted by Crippen LogP contribution is -2.53. The Kier molecular flexibility index (Phi) is 4.41. The van der Waals surface area contributed by atoms with Crippen LogP contribution in [0.25, 0.3) is 0 Å². The highest BCUT2D eigenvalue weighted by Gasteiger charge is 2.43. The molecule has 5 rings (SSSR count). The minimum atomic E-state index is -0.513. The zero-order valence-corrected chi connectivity index (χ0v) is 16.4. The van der Waals surface area contributed by atoms with Gasteiger partial charge in [-0.1, -0.05) is 23.7 Å². The predicted molar refractivity (Wildman–Crippen MR) is 104 cm³/mol. The maximum atomic E-state index is 12.7. The van der Waals surface area contributed by atoms with Crippen molar-refractivity contribution in [3.63, 3.8) is 0 Å². The van der Waals surface area contributed by atoms with Gasteiger partial charge in [-0.3, -0.25) is 19.1 Å². The van der Waals surface area contributed by atoms with Crippen molar-refractivity contribution in [2.75, 3.05) is 13.1 Å². The van der Waals surface area contributed by atoms with Crippen molar-refractivity contribution in [3.8, 4) is 0 Å². The van der Waals surface area contributed by atoms with Crippen LogP contribution in [-0.2, 0) is 31.0 Å². The van der Waals surface area contributed by atoms with E-state index in [1.165, 1.54) is 9.25 Å². The van der Waals surface area contributed by atoms with E-state index in [9.17, 15) is 9.59 Å².